The molecule has 0 spiro atoms. The number of rotatable bonds is 9. The second-order valence-corrected chi connectivity index (χ2v) is 8.85. The molecule has 0 saturated heterocycles. The molecule has 36 heavy (non-hydrogen) atoms. The van der Waals surface area contributed by atoms with Gasteiger partial charge in [-0.05, 0) is 54.5 Å². The fourth-order valence-corrected chi connectivity index (χ4v) is 4.10. The van der Waals surface area contributed by atoms with Crippen molar-refractivity contribution in [3.63, 3.8) is 0 Å². The smallest absolute Gasteiger partial charge is 0.416 e. The van der Waals surface area contributed by atoms with E-state index in [0.717, 1.165) is 43.4 Å². The third-order valence-corrected chi connectivity index (χ3v) is 6.16. The lowest BCUT2D eigenvalue weighted by atomic mass is 9.89. The van der Waals surface area contributed by atoms with Gasteiger partial charge in [-0.15, -0.1) is 0 Å². The molecule has 0 saturated carbocycles. The zero-order valence-corrected chi connectivity index (χ0v) is 20.1. The molecule has 1 aliphatic carbocycles. The van der Waals surface area contributed by atoms with Gasteiger partial charge in [0.1, 0.15) is 5.92 Å². The molecular formula is C29H30F3NO3. The van der Waals surface area contributed by atoms with Crippen LogP contribution in [0.2, 0.25) is 0 Å². The normalized spacial score (nSPS) is 19.2. The molecule has 0 fully saturated rings. The molecule has 2 aromatic carbocycles. The summed E-state index contributed by atoms with van der Waals surface area (Å²) < 4.78 is 38.1. The number of hydrogen-bond donors (Lipinski definition) is 2. The van der Waals surface area contributed by atoms with E-state index in [1.165, 1.54) is 24.3 Å². The van der Waals surface area contributed by atoms with Gasteiger partial charge in [0, 0.05) is 24.2 Å². The van der Waals surface area contributed by atoms with Crippen molar-refractivity contribution in [2.45, 2.75) is 51.1 Å². The number of alkyl halides is 3. The highest BCUT2D eigenvalue weighted by atomic mass is 19.4. The average molecular weight is 498 g/mol. The number of carboxylic acids is 1. The van der Waals surface area contributed by atoms with Crippen LogP contribution in [0.3, 0.4) is 0 Å². The van der Waals surface area contributed by atoms with Crippen molar-refractivity contribution in [3.05, 3.63) is 95.1 Å². The van der Waals surface area contributed by atoms with E-state index in [1.54, 1.807) is 29.2 Å². The Labute approximate surface area is 209 Å². The van der Waals surface area contributed by atoms with Crippen LogP contribution in [0.25, 0.3) is 0 Å². The monoisotopic (exact) mass is 497 g/mol. The number of aliphatic hydroxyl groups is 1. The SMILES string of the molecule is CCCCCCN(Cc1ccc(C#Cc2ccc(C(F)(F)F)cc2)cc1)C1(O)C=CC=CC1C(=O)O. The van der Waals surface area contributed by atoms with Crippen molar-refractivity contribution < 1.29 is 28.2 Å². The minimum atomic E-state index is -4.38. The molecule has 7 heteroatoms. The molecule has 4 nitrogen and oxygen atoms in total. The van der Waals surface area contributed by atoms with Gasteiger partial charge >= 0.3 is 12.1 Å². The maximum absolute atomic E-state index is 12.7. The molecule has 190 valence electrons. The van der Waals surface area contributed by atoms with Crippen LogP contribution in [0.4, 0.5) is 13.2 Å². The summed E-state index contributed by atoms with van der Waals surface area (Å²) in [5.74, 6) is 3.64. The topological polar surface area (TPSA) is 60.8 Å². The largest absolute Gasteiger partial charge is 0.481 e. The van der Waals surface area contributed by atoms with Crippen molar-refractivity contribution in [2.75, 3.05) is 6.54 Å². The molecule has 2 unspecified atom stereocenters. The Balaban J connectivity index is 1.75. The first-order chi connectivity index (χ1) is 17.1. The number of allylic oxidation sites excluding steroid dienone is 2. The first-order valence-corrected chi connectivity index (χ1v) is 12.0. The summed E-state index contributed by atoms with van der Waals surface area (Å²) in [5.41, 5.74) is -0.314. The quantitative estimate of drug-likeness (QED) is 0.253. The van der Waals surface area contributed by atoms with Gasteiger partial charge in [0.05, 0.1) is 5.56 Å². The number of aliphatic carboxylic acids is 1. The molecule has 0 amide bonds. The van der Waals surface area contributed by atoms with Crippen LogP contribution in [-0.2, 0) is 17.5 Å². The Bertz CT molecular complexity index is 1140. The van der Waals surface area contributed by atoms with Crippen molar-refractivity contribution in [1.29, 1.82) is 0 Å². The van der Waals surface area contributed by atoms with E-state index in [1.807, 2.05) is 12.1 Å². The minimum absolute atomic E-state index is 0.344. The highest BCUT2D eigenvalue weighted by Gasteiger charge is 2.43. The second kappa shape index (κ2) is 12.1. The van der Waals surface area contributed by atoms with Crippen molar-refractivity contribution in [1.82, 2.24) is 4.90 Å². The van der Waals surface area contributed by atoms with E-state index >= 15 is 0 Å². The fraction of sp³-hybridized carbons (Fsp3) is 0.345. The highest BCUT2D eigenvalue weighted by molar-refractivity contribution is 5.74. The van der Waals surface area contributed by atoms with Crippen molar-refractivity contribution in [3.8, 4) is 11.8 Å². The molecule has 3 rings (SSSR count). The van der Waals surface area contributed by atoms with Crippen LogP contribution in [0.1, 0.15) is 54.9 Å². The molecular weight excluding hydrogens is 467 g/mol. The Hall–Kier alpha value is -3.34. The number of nitrogens with zero attached hydrogens (tertiary/aromatic N) is 1. The first-order valence-electron chi connectivity index (χ1n) is 12.0. The zero-order valence-electron chi connectivity index (χ0n) is 20.1. The van der Waals surface area contributed by atoms with Gasteiger partial charge < -0.3 is 10.2 Å². The molecule has 0 bridgehead atoms. The van der Waals surface area contributed by atoms with Crippen molar-refractivity contribution in [2.24, 2.45) is 5.92 Å². The maximum atomic E-state index is 12.7. The molecule has 2 atom stereocenters. The first kappa shape index (κ1) is 27.3. The Morgan fingerprint density at radius 1 is 0.972 bits per heavy atom. The third-order valence-electron chi connectivity index (χ3n) is 6.16. The van der Waals surface area contributed by atoms with Gasteiger partial charge in [0.15, 0.2) is 5.72 Å². The fourth-order valence-electron chi connectivity index (χ4n) is 4.10. The molecule has 1 aliphatic rings. The van der Waals surface area contributed by atoms with Crippen LogP contribution in [0.5, 0.6) is 0 Å². The lowest BCUT2D eigenvalue weighted by Gasteiger charge is -2.41. The van der Waals surface area contributed by atoms with Crippen LogP contribution in [-0.4, -0.2) is 33.4 Å². The van der Waals surface area contributed by atoms with Gasteiger partial charge in [-0.3, -0.25) is 9.69 Å². The lowest BCUT2D eigenvalue weighted by molar-refractivity contribution is -0.160. The molecule has 0 radical (unpaired) electrons. The summed E-state index contributed by atoms with van der Waals surface area (Å²) >= 11 is 0. The van der Waals surface area contributed by atoms with Gasteiger partial charge in [-0.2, -0.15) is 13.2 Å². The van der Waals surface area contributed by atoms with Gasteiger partial charge in [0.2, 0.25) is 0 Å². The van der Waals surface area contributed by atoms with E-state index in [-0.39, 0.29) is 0 Å². The average Bonchev–Trinajstić information content (AvgIpc) is 2.85. The van der Waals surface area contributed by atoms with Crippen molar-refractivity contribution >= 4 is 5.97 Å². The van der Waals surface area contributed by atoms with Crippen LogP contribution < -0.4 is 0 Å². The molecule has 2 N–H and O–H groups in total. The highest BCUT2D eigenvalue weighted by Crippen LogP contribution is 2.31. The molecule has 0 aromatic heterocycles. The van der Waals surface area contributed by atoms with Gasteiger partial charge in [-0.25, -0.2) is 0 Å². The van der Waals surface area contributed by atoms with Crippen LogP contribution in [0, 0.1) is 17.8 Å². The molecule has 0 heterocycles. The number of carbonyl (C=O) groups is 1. The number of halogens is 3. The predicted molar refractivity (Wildman–Crippen MR) is 133 cm³/mol. The predicted octanol–water partition coefficient (Wildman–Crippen LogP) is 6.00. The Morgan fingerprint density at radius 3 is 2.14 bits per heavy atom. The minimum Gasteiger partial charge on any atom is -0.481 e. The van der Waals surface area contributed by atoms with Gasteiger partial charge in [-0.1, -0.05) is 68.4 Å². The van der Waals surface area contributed by atoms with E-state index in [0.29, 0.717) is 24.2 Å². The van der Waals surface area contributed by atoms with E-state index < -0.39 is 29.4 Å². The molecule has 2 aromatic rings. The summed E-state index contributed by atoms with van der Waals surface area (Å²) in [4.78, 5) is 13.7. The third kappa shape index (κ3) is 7.09. The van der Waals surface area contributed by atoms with Crippen LogP contribution in [0.15, 0.2) is 72.8 Å². The summed E-state index contributed by atoms with van der Waals surface area (Å²) in [6.45, 7) is 2.99. The summed E-state index contributed by atoms with van der Waals surface area (Å²) in [6.07, 6.45) is 5.90. The van der Waals surface area contributed by atoms with Crippen LogP contribution >= 0.6 is 0 Å². The number of benzene rings is 2. The Morgan fingerprint density at radius 2 is 1.58 bits per heavy atom. The van der Waals surface area contributed by atoms with E-state index in [2.05, 4.69) is 18.8 Å². The summed E-state index contributed by atoms with van der Waals surface area (Å²) in [5, 5.41) is 21.1. The number of carboxylic acid groups (broad SMARTS) is 1. The number of hydrogen-bond acceptors (Lipinski definition) is 3. The standard InChI is InChI=1S/C29H30F3NO3/c1-2-3-4-7-20-33(28(36)19-6-5-8-26(28)27(34)35)21-24-13-11-22(12-14-24)9-10-23-15-17-25(18-16-23)29(30,31)32/h5-6,8,11-19,26,36H,2-4,7,20-21H2,1H3,(H,34,35). The van der Waals surface area contributed by atoms with Gasteiger partial charge in [0.25, 0.3) is 0 Å². The summed E-state index contributed by atoms with van der Waals surface area (Å²) in [6, 6.07) is 12.0. The summed E-state index contributed by atoms with van der Waals surface area (Å²) in [7, 11) is 0. The lowest BCUT2D eigenvalue weighted by Crippen LogP contribution is -2.55. The van der Waals surface area contributed by atoms with E-state index in [4.69, 9.17) is 0 Å². The Kier molecular flexibility index (Phi) is 9.14. The second-order valence-electron chi connectivity index (χ2n) is 8.85. The van der Waals surface area contributed by atoms with E-state index in [9.17, 15) is 28.2 Å². The zero-order chi connectivity index (χ0) is 26.2. The molecule has 0 aliphatic heterocycles. The number of unbranched alkanes of at least 4 members (excludes halogenated alkanes) is 3. The maximum Gasteiger partial charge on any atom is 0.416 e.